The van der Waals surface area contributed by atoms with E-state index in [1.807, 2.05) is 6.92 Å². The van der Waals surface area contributed by atoms with E-state index in [-0.39, 0.29) is 5.56 Å². The summed E-state index contributed by atoms with van der Waals surface area (Å²) in [4.78, 5) is 24.3. The predicted molar refractivity (Wildman–Crippen MR) is 90.7 cm³/mol. The van der Waals surface area contributed by atoms with Crippen molar-refractivity contribution >= 4 is 39.3 Å². The van der Waals surface area contributed by atoms with Crippen LogP contribution in [-0.4, -0.2) is 23.5 Å². The molecular weight excluding hydrogens is 386 g/mol. The highest BCUT2D eigenvalue weighted by Crippen LogP contribution is 2.22. The van der Waals surface area contributed by atoms with Crippen LogP contribution in [0.1, 0.15) is 27.8 Å². The highest BCUT2D eigenvalue weighted by Gasteiger charge is 2.16. The zero-order valence-corrected chi connectivity index (χ0v) is 14.9. The number of amides is 2. The van der Waals surface area contributed by atoms with Gasteiger partial charge in [-0.05, 0) is 47.1 Å². The van der Waals surface area contributed by atoms with Crippen molar-refractivity contribution < 1.29 is 14.3 Å². The molecule has 122 valence electrons. The zero-order chi connectivity index (χ0) is 17.0. The summed E-state index contributed by atoms with van der Waals surface area (Å²) in [5.74, 6) is -0.594. The van der Waals surface area contributed by atoms with Crippen LogP contribution in [0.25, 0.3) is 0 Å². The van der Waals surface area contributed by atoms with Gasteiger partial charge < -0.3 is 9.30 Å². The monoisotopic (exact) mass is 399 g/mol. The third-order valence-corrected chi connectivity index (χ3v) is 3.80. The van der Waals surface area contributed by atoms with E-state index >= 15 is 0 Å². The molecule has 0 saturated heterocycles. The van der Waals surface area contributed by atoms with E-state index in [4.69, 9.17) is 16.3 Å². The van der Waals surface area contributed by atoms with Crippen molar-refractivity contribution in [2.75, 3.05) is 7.11 Å². The molecule has 0 atom stereocenters. The van der Waals surface area contributed by atoms with Gasteiger partial charge in [0, 0.05) is 22.2 Å². The summed E-state index contributed by atoms with van der Waals surface area (Å²) in [6.07, 6.45) is 1.79. The molecule has 2 amide bonds. The summed E-state index contributed by atoms with van der Waals surface area (Å²) >= 11 is 9.17. The molecule has 23 heavy (non-hydrogen) atoms. The normalized spacial score (nSPS) is 10.3. The molecule has 2 N–H and O–H groups in total. The van der Waals surface area contributed by atoms with Crippen LogP contribution in [0.2, 0.25) is 5.02 Å². The molecule has 1 heterocycles. The van der Waals surface area contributed by atoms with Crippen molar-refractivity contribution in [2.45, 2.75) is 13.5 Å². The maximum atomic E-state index is 12.2. The van der Waals surface area contributed by atoms with Crippen molar-refractivity contribution in [3.05, 3.63) is 51.2 Å². The fourth-order valence-electron chi connectivity index (χ4n) is 2.02. The molecule has 1 aromatic carbocycles. The Kier molecular flexibility index (Phi) is 5.68. The molecule has 0 fully saturated rings. The lowest BCUT2D eigenvalue weighted by molar-refractivity contribution is 0.0840. The first kappa shape index (κ1) is 17.4. The Hall–Kier alpha value is -1.99. The van der Waals surface area contributed by atoms with Gasteiger partial charge in [0.2, 0.25) is 0 Å². The first-order valence-electron chi connectivity index (χ1n) is 6.76. The third-order valence-electron chi connectivity index (χ3n) is 3.13. The second kappa shape index (κ2) is 7.52. The number of nitrogens with one attached hydrogen (secondary N) is 2. The number of methoxy groups -OCH3 is 1. The molecule has 0 aliphatic carbocycles. The van der Waals surface area contributed by atoms with Crippen LogP contribution in [0.3, 0.4) is 0 Å². The number of hydrogen-bond acceptors (Lipinski definition) is 3. The van der Waals surface area contributed by atoms with Crippen molar-refractivity contribution in [2.24, 2.45) is 0 Å². The molecule has 1 aromatic heterocycles. The Balaban J connectivity index is 2.08. The van der Waals surface area contributed by atoms with Crippen LogP contribution >= 0.6 is 27.5 Å². The summed E-state index contributed by atoms with van der Waals surface area (Å²) in [6, 6.07) is 6.29. The number of carbonyl (C=O) groups is 2. The van der Waals surface area contributed by atoms with Gasteiger partial charge in [-0.25, -0.2) is 0 Å². The van der Waals surface area contributed by atoms with Crippen LogP contribution in [-0.2, 0) is 6.54 Å². The van der Waals surface area contributed by atoms with Gasteiger partial charge in [-0.3, -0.25) is 20.4 Å². The summed E-state index contributed by atoms with van der Waals surface area (Å²) in [5, 5.41) is 0.452. The fourth-order valence-corrected chi connectivity index (χ4v) is 2.65. The molecule has 2 aromatic rings. The maximum absolute atomic E-state index is 12.2. The van der Waals surface area contributed by atoms with Crippen LogP contribution < -0.4 is 15.6 Å². The van der Waals surface area contributed by atoms with E-state index in [2.05, 4.69) is 26.8 Å². The van der Waals surface area contributed by atoms with E-state index in [9.17, 15) is 9.59 Å². The number of halogens is 2. The van der Waals surface area contributed by atoms with Crippen molar-refractivity contribution in [1.29, 1.82) is 0 Å². The first-order chi connectivity index (χ1) is 11.0. The zero-order valence-electron chi connectivity index (χ0n) is 12.5. The molecule has 0 aliphatic rings. The number of aryl methyl sites for hydroxylation is 1. The van der Waals surface area contributed by atoms with Crippen molar-refractivity contribution in [3.8, 4) is 5.75 Å². The minimum Gasteiger partial charge on any atom is -0.496 e. The molecule has 0 aliphatic heterocycles. The minimum absolute atomic E-state index is 0.268. The van der Waals surface area contributed by atoms with Gasteiger partial charge in [0.25, 0.3) is 11.8 Å². The summed E-state index contributed by atoms with van der Waals surface area (Å²) < 4.78 is 7.66. The predicted octanol–water partition coefficient (Wildman–Crippen LogP) is 3.01. The molecule has 0 unspecified atom stereocenters. The summed E-state index contributed by atoms with van der Waals surface area (Å²) in [7, 11) is 1.44. The second-order valence-corrected chi connectivity index (χ2v) is 5.93. The molecule has 0 spiro atoms. The lowest BCUT2D eigenvalue weighted by atomic mass is 10.2. The Morgan fingerprint density at radius 1 is 1.26 bits per heavy atom. The van der Waals surface area contributed by atoms with Gasteiger partial charge in [0.1, 0.15) is 11.4 Å². The Morgan fingerprint density at radius 3 is 2.61 bits per heavy atom. The summed E-state index contributed by atoms with van der Waals surface area (Å²) in [6.45, 7) is 2.55. The minimum atomic E-state index is -0.500. The Labute approximate surface area is 146 Å². The number of rotatable bonds is 4. The van der Waals surface area contributed by atoms with E-state index in [1.165, 1.54) is 19.2 Å². The lowest BCUT2D eigenvalue weighted by Gasteiger charge is -2.11. The number of hydrazine groups is 1. The number of carbonyl (C=O) groups excluding carboxylic acids is 2. The quantitative estimate of drug-likeness (QED) is 0.775. The number of benzene rings is 1. The van der Waals surface area contributed by atoms with Crippen LogP contribution in [0.4, 0.5) is 0 Å². The number of nitrogens with zero attached hydrogens (tertiary/aromatic N) is 1. The number of ether oxygens (including phenoxy) is 1. The van der Waals surface area contributed by atoms with Gasteiger partial charge in [0.05, 0.1) is 12.7 Å². The third kappa shape index (κ3) is 4.05. The fraction of sp³-hybridized carbons (Fsp3) is 0.200. The number of aromatic nitrogens is 1. The average molecular weight is 401 g/mol. The Bertz CT molecular complexity index is 746. The first-order valence-corrected chi connectivity index (χ1v) is 7.93. The van der Waals surface area contributed by atoms with Gasteiger partial charge in [0.15, 0.2) is 0 Å². The largest absolute Gasteiger partial charge is 0.496 e. The molecule has 0 bridgehead atoms. The lowest BCUT2D eigenvalue weighted by Crippen LogP contribution is -2.42. The molecule has 0 radical (unpaired) electrons. The maximum Gasteiger partial charge on any atom is 0.286 e. The van der Waals surface area contributed by atoms with Crippen LogP contribution in [0.5, 0.6) is 5.75 Å². The standard InChI is InChI=1S/C15H15BrClN3O3/c1-3-20-8-9(16)6-12(20)15(22)19-18-14(21)11-5-4-10(17)7-13(11)23-2/h4-8H,3H2,1-2H3,(H,18,21)(H,19,22). The molecule has 2 rings (SSSR count). The highest BCUT2D eigenvalue weighted by atomic mass is 79.9. The van der Waals surface area contributed by atoms with E-state index in [0.717, 1.165) is 4.47 Å². The van der Waals surface area contributed by atoms with E-state index in [0.29, 0.717) is 23.0 Å². The molecule has 0 saturated carbocycles. The van der Waals surface area contributed by atoms with Gasteiger partial charge in [-0.1, -0.05) is 11.6 Å². The van der Waals surface area contributed by atoms with E-state index in [1.54, 1.807) is 22.9 Å². The Morgan fingerprint density at radius 2 is 1.96 bits per heavy atom. The smallest absolute Gasteiger partial charge is 0.286 e. The number of hydrogen-bond donors (Lipinski definition) is 2. The van der Waals surface area contributed by atoms with Crippen molar-refractivity contribution in [1.82, 2.24) is 15.4 Å². The van der Waals surface area contributed by atoms with Gasteiger partial charge >= 0.3 is 0 Å². The summed E-state index contributed by atoms with van der Waals surface area (Å²) in [5.41, 5.74) is 5.45. The molecule has 6 nitrogen and oxygen atoms in total. The van der Waals surface area contributed by atoms with E-state index < -0.39 is 11.8 Å². The second-order valence-electron chi connectivity index (χ2n) is 4.58. The topological polar surface area (TPSA) is 72.4 Å². The SMILES string of the molecule is CCn1cc(Br)cc1C(=O)NNC(=O)c1ccc(Cl)cc1OC. The highest BCUT2D eigenvalue weighted by molar-refractivity contribution is 9.10. The van der Waals surface area contributed by atoms with Crippen molar-refractivity contribution in [3.63, 3.8) is 0 Å². The van der Waals surface area contributed by atoms with Gasteiger partial charge in [-0.2, -0.15) is 0 Å². The van der Waals surface area contributed by atoms with Crippen LogP contribution in [0.15, 0.2) is 34.9 Å². The average Bonchev–Trinajstić information content (AvgIpc) is 2.93. The molecular formula is C15H15BrClN3O3. The van der Waals surface area contributed by atoms with Gasteiger partial charge in [-0.15, -0.1) is 0 Å². The molecule has 8 heteroatoms. The van der Waals surface area contributed by atoms with Crippen LogP contribution in [0, 0.1) is 0 Å².